The van der Waals surface area contributed by atoms with Gasteiger partial charge in [0.25, 0.3) is 5.91 Å². The number of hydrogen-bond acceptors (Lipinski definition) is 5. The monoisotopic (exact) mass is 436 g/mol. The van der Waals surface area contributed by atoms with Crippen LogP contribution < -0.4 is 5.32 Å². The van der Waals surface area contributed by atoms with Gasteiger partial charge in [-0.15, -0.1) is 0 Å². The van der Waals surface area contributed by atoms with Crippen molar-refractivity contribution in [1.82, 2.24) is 19.6 Å². The van der Waals surface area contributed by atoms with Crippen LogP contribution in [0, 0.1) is 24.0 Å². The number of benzene rings is 1. The summed E-state index contributed by atoms with van der Waals surface area (Å²) in [7, 11) is 0. The third-order valence-corrected chi connectivity index (χ3v) is 5.13. The second-order valence-corrected chi connectivity index (χ2v) is 7.40. The Hall–Kier alpha value is -2.91. The second kappa shape index (κ2) is 8.22. The number of halogens is 2. The summed E-state index contributed by atoms with van der Waals surface area (Å²) in [5.74, 6) is -0.312. The van der Waals surface area contributed by atoms with Crippen molar-refractivity contribution in [3.05, 3.63) is 67.4 Å². The summed E-state index contributed by atoms with van der Waals surface area (Å²) in [5, 5.41) is 22.8. The molecule has 0 aliphatic carbocycles. The lowest BCUT2D eigenvalue weighted by molar-refractivity contribution is -0.389. The molecule has 3 rings (SSSR count). The van der Waals surface area contributed by atoms with Crippen molar-refractivity contribution >= 4 is 40.7 Å². The van der Waals surface area contributed by atoms with Gasteiger partial charge in [0.05, 0.1) is 33.4 Å². The van der Waals surface area contributed by atoms with Crippen molar-refractivity contribution in [2.75, 3.05) is 5.32 Å². The molecule has 29 heavy (non-hydrogen) atoms. The van der Waals surface area contributed by atoms with Gasteiger partial charge in [-0.05, 0) is 43.4 Å². The molecule has 11 heteroatoms. The van der Waals surface area contributed by atoms with Crippen molar-refractivity contribution in [3.8, 4) is 0 Å². The maximum absolute atomic E-state index is 12.6. The molecule has 0 aliphatic rings. The molecule has 0 radical (unpaired) electrons. The van der Waals surface area contributed by atoms with E-state index < -0.39 is 11.0 Å². The van der Waals surface area contributed by atoms with E-state index >= 15 is 0 Å². The molecule has 1 unspecified atom stereocenters. The highest BCUT2D eigenvalue weighted by Crippen LogP contribution is 2.23. The maximum Gasteiger partial charge on any atom is 0.390 e. The van der Waals surface area contributed by atoms with Crippen LogP contribution in [0.2, 0.25) is 10.0 Å². The lowest BCUT2D eigenvalue weighted by Crippen LogP contribution is -2.25. The molecule has 0 aliphatic heterocycles. The molecule has 2 aromatic heterocycles. The normalized spacial score (nSPS) is 12.0. The van der Waals surface area contributed by atoms with Crippen molar-refractivity contribution in [1.29, 1.82) is 0 Å². The second-order valence-electron chi connectivity index (χ2n) is 6.59. The Morgan fingerprint density at radius 2 is 1.90 bits per heavy atom. The van der Waals surface area contributed by atoms with Crippen molar-refractivity contribution in [2.24, 2.45) is 0 Å². The fourth-order valence-corrected chi connectivity index (χ4v) is 3.16. The largest absolute Gasteiger partial charge is 0.390 e. The summed E-state index contributed by atoms with van der Waals surface area (Å²) in [4.78, 5) is 22.9. The lowest BCUT2D eigenvalue weighted by Gasteiger charge is -2.10. The molecular weight excluding hydrogens is 419 g/mol. The van der Waals surface area contributed by atoms with Gasteiger partial charge in [-0.3, -0.25) is 9.48 Å². The Bertz CT molecular complexity index is 1090. The molecule has 0 saturated carbocycles. The van der Waals surface area contributed by atoms with Gasteiger partial charge in [0.15, 0.2) is 5.82 Å². The first kappa shape index (κ1) is 20.8. The number of aromatic nitrogens is 4. The summed E-state index contributed by atoms with van der Waals surface area (Å²) in [5.41, 5.74) is 2.27. The number of amides is 1. The quantitative estimate of drug-likeness (QED) is 0.460. The van der Waals surface area contributed by atoms with Gasteiger partial charge in [-0.1, -0.05) is 29.3 Å². The average Bonchev–Trinajstić information content (AvgIpc) is 3.20. The maximum atomic E-state index is 12.6. The highest BCUT2D eigenvalue weighted by Gasteiger charge is 2.25. The number of anilines is 1. The smallest absolute Gasteiger partial charge is 0.358 e. The summed E-state index contributed by atoms with van der Waals surface area (Å²) in [6.45, 7) is 5.59. The van der Waals surface area contributed by atoms with Crippen molar-refractivity contribution in [2.45, 2.75) is 33.4 Å². The van der Waals surface area contributed by atoms with Gasteiger partial charge in [-0.25, -0.2) is 0 Å². The van der Waals surface area contributed by atoms with E-state index in [-0.39, 0.29) is 11.7 Å². The molecule has 0 fully saturated rings. The Morgan fingerprint density at radius 1 is 1.17 bits per heavy atom. The van der Waals surface area contributed by atoms with Crippen LogP contribution in [0.1, 0.15) is 29.9 Å². The van der Waals surface area contributed by atoms with Crippen LogP contribution in [0.3, 0.4) is 0 Å². The van der Waals surface area contributed by atoms with E-state index in [4.69, 9.17) is 23.2 Å². The van der Waals surface area contributed by atoms with Gasteiger partial charge in [0.2, 0.25) is 0 Å². The fourth-order valence-electron chi connectivity index (χ4n) is 2.84. The van der Waals surface area contributed by atoms with E-state index in [0.717, 1.165) is 11.3 Å². The van der Waals surface area contributed by atoms with Crippen LogP contribution in [-0.2, 0) is 11.3 Å². The molecule has 1 atom stereocenters. The molecule has 1 amide bonds. The first-order chi connectivity index (χ1) is 13.7. The number of nitrogens with one attached hydrogen (secondary N) is 1. The minimum atomic E-state index is -0.746. The van der Waals surface area contributed by atoms with Crippen molar-refractivity contribution in [3.63, 3.8) is 0 Å². The van der Waals surface area contributed by atoms with Gasteiger partial charge < -0.3 is 15.4 Å². The lowest BCUT2D eigenvalue weighted by atomic mass is 10.2. The number of nitro groups is 1. The Morgan fingerprint density at radius 3 is 2.52 bits per heavy atom. The Balaban J connectivity index is 1.73. The molecule has 1 N–H and O–H groups in total. The van der Waals surface area contributed by atoms with E-state index in [1.165, 1.54) is 10.7 Å². The molecule has 2 heterocycles. The number of carbonyl (C=O) groups excluding carboxylic acids is 1. The summed E-state index contributed by atoms with van der Waals surface area (Å²) < 4.78 is 3.04. The molecule has 0 spiro atoms. The molecular formula is C18H18Cl2N6O3. The highest BCUT2D eigenvalue weighted by molar-refractivity contribution is 6.42. The first-order valence-electron chi connectivity index (χ1n) is 8.65. The first-order valence-corrected chi connectivity index (χ1v) is 9.41. The number of carbonyl (C=O) groups is 1. The van der Waals surface area contributed by atoms with Gasteiger partial charge in [-0.2, -0.15) is 9.78 Å². The zero-order chi connectivity index (χ0) is 21.3. The average molecular weight is 437 g/mol. The molecule has 152 valence electrons. The Labute approximate surface area is 176 Å². The van der Waals surface area contributed by atoms with E-state index in [2.05, 4.69) is 15.5 Å². The van der Waals surface area contributed by atoms with Crippen LogP contribution in [-0.4, -0.2) is 30.4 Å². The number of hydrogen-bond donors (Lipinski definition) is 1. The Kier molecular flexibility index (Phi) is 5.90. The standard InChI is InChI=1S/C18H18Cl2N6O3/c1-10-6-16(22-24(10)9-13-4-5-14(19)15(20)8-13)21-18(27)12(3)25-11(2)7-17(23-25)26(28)29/h4-8,12H,9H2,1-3H3,(H,21,22,27). The highest BCUT2D eigenvalue weighted by atomic mass is 35.5. The van der Waals surface area contributed by atoms with Crippen LogP contribution in [0.15, 0.2) is 30.3 Å². The topological polar surface area (TPSA) is 108 Å². The van der Waals surface area contributed by atoms with Crippen LogP contribution >= 0.6 is 23.2 Å². The molecule has 0 bridgehead atoms. The van der Waals surface area contributed by atoms with Crippen LogP contribution in [0.5, 0.6) is 0 Å². The van der Waals surface area contributed by atoms with E-state index in [1.54, 1.807) is 36.7 Å². The van der Waals surface area contributed by atoms with Crippen molar-refractivity contribution < 1.29 is 9.72 Å². The minimum absolute atomic E-state index is 0.302. The third-order valence-electron chi connectivity index (χ3n) is 4.39. The predicted molar refractivity (Wildman–Crippen MR) is 109 cm³/mol. The fraction of sp³-hybridized carbons (Fsp3) is 0.278. The van der Waals surface area contributed by atoms with Gasteiger partial charge >= 0.3 is 5.82 Å². The molecule has 3 aromatic rings. The van der Waals surface area contributed by atoms with Gasteiger partial charge in [0, 0.05) is 11.8 Å². The molecule has 1 aromatic carbocycles. The van der Waals surface area contributed by atoms with Crippen LogP contribution in [0.4, 0.5) is 11.6 Å². The predicted octanol–water partition coefficient (Wildman–Crippen LogP) is 4.16. The van der Waals surface area contributed by atoms with E-state index in [1.807, 2.05) is 13.0 Å². The zero-order valence-corrected chi connectivity index (χ0v) is 17.4. The zero-order valence-electron chi connectivity index (χ0n) is 15.9. The minimum Gasteiger partial charge on any atom is -0.358 e. The summed E-state index contributed by atoms with van der Waals surface area (Å²) in [6.07, 6.45) is 0. The third kappa shape index (κ3) is 4.57. The summed E-state index contributed by atoms with van der Waals surface area (Å²) >= 11 is 12.0. The number of aryl methyl sites for hydroxylation is 2. The number of rotatable bonds is 6. The number of nitrogens with zero attached hydrogens (tertiary/aromatic N) is 5. The summed E-state index contributed by atoms with van der Waals surface area (Å²) in [6, 6.07) is 7.64. The van der Waals surface area contributed by atoms with Crippen LogP contribution in [0.25, 0.3) is 0 Å². The molecule has 9 nitrogen and oxygen atoms in total. The van der Waals surface area contributed by atoms with E-state index in [0.29, 0.717) is 28.1 Å². The SMILES string of the molecule is Cc1cc(NC(=O)C(C)n2nc([N+](=O)[O-])cc2C)nn1Cc1ccc(Cl)c(Cl)c1. The molecule has 0 saturated heterocycles. The van der Waals surface area contributed by atoms with E-state index in [9.17, 15) is 14.9 Å². The van der Waals surface area contributed by atoms with Gasteiger partial charge in [0.1, 0.15) is 6.04 Å².